The van der Waals surface area contributed by atoms with Crippen molar-refractivity contribution in [1.29, 1.82) is 0 Å². The van der Waals surface area contributed by atoms with Crippen LogP contribution in [-0.4, -0.2) is 128 Å². The number of carboxylic acid groups (broad SMARTS) is 2. The first-order chi connectivity index (χ1) is 46.8. The van der Waals surface area contributed by atoms with Gasteiger partial charge in [0.15, 0.2) is 5.15 Å². The number of aromatic hydroxyl groups is 2. The first kappa shape index (κ1) is 82.7. The molecule has 1 aliphatic rings. The SMILES string of the molecule is C.CC(=O)O.CC(=O)O.CC(=O)[PH](c1ccccc1)(c1ccccc1)c1ccccc1.CC1(C)OB(c2cc(-c3cccc4c3sc3ccccc34)ccc2O)OC1(C)C.Clc1ncc(Cl)c(Cl)n1.Oc1ccc(-c2cccc3c2sc2ccccc23)cc1-c1nc(Cl)ncc1Cl.[K].[O]=[Pd]. The number of aliphatic carboxylic acids is 2. The predicted octanol–water partition coefficient (Wildman–Crippen LogP) is 18.9. The molecule has 0 bridgehead atoms. The molecule has 0 unspecified atom stereocenters. The van der Waals surface area contributed by atoms with Crippen molar-refractivity contribution in [3.05, 3.63) is 250 Å². The van der Waals surface area contributed by atoms with Gasteiger partial charge in [-0.3, -0.25) is 9.59 Å². The fraction of sp³-hybridized carbons (Fsp3) is 0.133. The number of benzene rings is 9. The zero-order valence-electron chi connectivity index (χ0n) is 54.5. The van der Waals surface area contributed by atoms with Crippen LogP contribution in [0.3, 0.4) is 0 Å². The first-order valence-electron chi connectivity index (χ1n) is 29.9. The van der Waals surface area contributed by atoms with Gasteiger partial charge in [0.2, 0.25) is 10.6 Å². The number of aromatic nitrogens is 4. The summed E-state index contributed by atoms with van der Waals surface area (Å²) < 4.78 is 25.4. The molecule has 100 heavy (non-hydrogen) atoms. The van der Waals surface area contributed by atoms with E-state index in [0.717, 1.165) is 52.0 Å². The van der Waals surface area contributed by atoms with Crippen molar-refractivity contribution in [3.8, 4) is 45.0 Å². The summed E-state index contributed by atoms with van der Waals surface area (Å²) in [6, 6.07) is 71.4. The Kier molecular flexibility index (Phi) is 31.3. The molecule has 14 rings (SSSR count). The fourth-order valence-corrected chi connectivity index (χ4v) is 18.3. The number of carbonyl (C=O) groups is 3. The van der Waals surface area contributed by atoms with Crippen LogP contribution in [0.2, 0.25) is 25.8 Å². The molecule has 5 heterocycles. The molecule has 0 amide bonds. The third-order valence-electron chi connectivity index (χ3n) is 15.8. The van der Waals surface area contributed by atoms with Crippen LogP contribution in [0.15, 0.2) is 225 Å². The number of thiophene rings is 2. The van der Waals surface area contributed by atoms with E-state index in [1.165, 1.54) is 71.9 Å². The molecule has 0 atom stereocenters. The van der Waals surface area contributed by atoms with Gasteiger partial charge in [0.05, 0.1) is 39.3 Å². The maximum atomic E-state index is 12.9. The third-order valence-corrected chi connectivity index (χ3v) is 24.1. The second-order valence-electron chi connectivity index (χ2n) is 22.7. The molecule has 14 nitrogen and oxygen atoms in total. The van der Waals surface area contributed by atoms with Crippen molar-refractivity contribution in [3.63, 3.8) is 0 Å². The van der Waals surface area contributed by atoms with Gasteiger partial charge in [-0.15, -0.1) is 22.7 Å². The van der Waals surface area contributed by atoms with E-state index in [0.29, 0.717) is 26.8 Å². The Morgan fingerprint density at radius 1 is 0.480 bits per heavy atom. The predicted molar refractivity (Wildman–Crippen MR) is 414 cm³/mol. The normalized spacial score (nSPS) is 12.4. The van der Waals surface area contributed by atoms with Crippen molar-refractivity contribution >= 4 is 226 Å². The molecule has 13 aromatic rings. The average molecular weight is 1610 g/mol. The number of phenols is 2. The summed E-state index contributed by atoms with van der Waals surface area (Å²) >= 11 is 33.5. The number of hydrogen-bond acceptors (Lipinski definition) is 14. The van der Waals surface area contributed by atoms with E-state index >= 15 is 0 Å². The Morgan fingerprint density at radius 3 is 1.26 bits per heavy atom. The van der Waals surface area contributed by atoms with Gasteiger partial charge in [-0.1, -0.05) is 133 Å². The van der Waals surface area contributed by atoms with Crippen molar-refractivity contribution in [2.24, 2.45) is 0 Å². The van der Waals surface area contributed by atoms with E-state index in [-0.39, 0.29) is 91.6 Å². The number of fused-ring (bicyclic) bond motifs is 6. The molecule has 1 fully saturated rings. The van der Waals surface area contributed by atoms with Gasteiger partial charge in [-0.05, 0) is 103 Å². The molecule has 0 spiro atoms. The van der Waals surface area contributed by atoms with Gasteiger partial charge in [0, 0.05) is 117 Å². The zero-order valence-corrected chi connectivity index (χ0v) is 65.6. The van der Waals surface area contributed by atoms with E-state index in [1.54, 1.807) is 41.7 Å². The molecule has 4 N–H and O–H groups in total. The van der Waals surface area contributed by atoms with Crippen molar-refractivity contribution in [2.45, 2.75) is 67.1 Å². The van der Waals surface area contributed by atoms with Crippen LogP contribution < -0.4 is 21.4 Å². The van der Waals surface area contributed by atoms with Crippen molar-refractivity contribution in [2.75, 3.05) is 0 Å². The molecule has 0 aliphatic carbocycles. The minimum absolute atomic E-state index is 0. The van der Waals surface area contributed by atoms with Gasteiger partial charge in [-0.25, -0.2) is 19.9 Å². The van der Waals surface area contributed by atoms with Crippen molar-refractivity contribution < 1.29 is 66.7 Å². The monoisotopic (exact) mass is 1610 g/mol. The second kappa shape index (κ2) is 37.8. The number of phenolic OH excluding ortho intramolecular Hbond substituents is 2. The van der Waals surface area contributed by atoms with Crippen LogP contribution in [0.4, 0.5) is 0 Å². The fourth-order valence-electron chi connectivity index (χ4n) is 10.8. The van der Waals surface area contributed by atoms with Gasteiger partial charge >= 0.3 is 161 Å². The van der Waals surface area contributed by atoms with Gasteiger partial charge in [-0.2, -0.15) is 0 Å². The summed E-state index contributed by atoms with van der Waals surface area (Å²) in [5.41, 5.74) is 5.21. The van der Waals surface area contributed by atoms with Crippen LogP contribution in [0, 0.1) is 0 Å². The summed E-state index contributed by atoms with van der Waals surface area (Å²) in [4.78, 5) is 46.2. The second-order valence-corrected chi connectivity index (χ2v) is 30.6. The molecule has 25 heteroatoms. The van der Waals surface area contributed by atoms with Gasteiger partial charge in [0.1, 0.15) is 11.5 Å². The summed E-state index contributed by atoms with van der Waals surface area (Å²) in [6.45, 7) is 12.0. The van der Waals surface area contributed by atoms with Crippen LogP contribution in [0.1, 0.15) is 55.9 Å². The van der Waals surface area contributed by atoms with E-state index < -0.39 is 37.5 Å². The molecule has 0 saturated carbocycles. The Bertz CT molecular complexity index is 4840. The van der Waals surface area contributed by atoms with Crippen LogP contribution >= 0.6 is 87.9 Å². The molecule has 1 saturated heterocycles. The number of nitrogens with zero attached hydrogens (tertiary/aromatic N) is 4. The van der Waals surface area contributed by atoms with E-state index in [9.17, 15) is 15.0 Å². The van der Waals surface area contributed by atoms with Crippen LogP contribution in [-0.2, 0) is 46.3 Å². The molecule has 1 aliphatic heterocycles. The maximum absolute atomic E-state index is 12.9. The summed E-state index contributed by atoms with van der Waals surface area (Å²) in [5, 5.41) is 45.2. The minimum atomic E-state index is -2.64. The van der Waals surface area contributed by atoms with Crippen LogP contribution in [0.25, 0.3) is 73.9 Å². The van der Waals surface area contributed by atoms with E-state index in [4.69, 9.17) is 90.6 Å². The molecular formula is C75H67BCl5KN4O10PPdS2. The Balaban J connectivity index is 0.000000208. The summed E-state index contributed by atoms with van der Waals surface area (Å²) in [5.74, 6) is -1.39. The third kappa shape index (κ3) is 19.9. The first-order valence-corrected chi connectivity index (χ1v) is 36.0. The number of rotatable bonds is 8. The molecule has 1 radical (unpaired) electrons. The quantitative estimate of drug-likeness (QED) is 0.0481. The zero-order chi connectivity index (χ0) is 71.1. The Morgan fingerprint density at radius 2 is 0.850 bits per heavy atom. The standard InChI is InChI=1S/C24H23BO3S.C22H12Cl2N2OS.C20H19OP.C4HCl3N2.2C2H4O2.CH4.K.O.Pd/c1-23(2)24(3,4)28-25(27-23)19-14-15(12-13-20(19)26)16-9-7-10-18-17-8-5-6-11-21(17)29-22(16)18;23-17-11-25-22(24)26-20(17)16-10-12(8-9-18(16)27)13-5-3-6-15-14-4-1-2-7-19(14)28-21(13)15;1-17(21)22(18-11-5-2-6-12-18,19-13-7-3-8-14-19)20-15-9-4-10-16-20;5-2-1-8-4(7)9-3(2)6;2*1-2(3)4;;;;/h5-14,26H,1-4H3;1-11,27H;2-16,22H,1H3;1H;2*1H3,(H,3,4);1H4;;;. The Hall–Kier alpha value is -6.25. The number of carbonyl (C=O) groups excluding carboxylic acids is 1. The van der Waals surface area contributed by atoms with E-state index in [2.05, 4.69) is 141 Å². The molecule has 4 aromatic heterocycles. The summed E-state index contributed by atoms with van der Waals surface area (Å²) in [6.07, 6.45) is 2.78. The van der Waals surface area contributed by atoms with E-state index in [1.807, 2.05) is 107 Å². The van der Waals surface area contributed by atoms with Crippen molar-refractivity contribution in [1.82, 2.24) is 19.9 Å². The molecule has 9 aromatic carbocycles. The number of halogens is 5. The molecule has 513 valence electrons. The summed E-state index contributed by atoms with van der Waals surface area (Å²) in [7, 11) is -3.24. The number of carboxylic acids is 2. The topological polar surface area (TPSA) is 219 Å². The Labute approximate surface area is 667 Å². The molecular weight excluding hydrogens is 1550 g/mol. The van der Waals surface area contributed by atoms with Gasteiger partial charge < -0.3 is 29.7 Å². The van der Waals surface area contributed by atoms with Crippen LogP contribution in [0.5, 0.6) is 11.5 Å². The number of hydrogen-bond donors (Lipinski definition) is 4. The van der Waals surface area contributed by atoms with Gasteiger partial charge in [0.25, 0.3) is 11.9 Å². The average Bonchev–Trinajstić information content (AvgIpc) is 1.05.